The van der Waals surface area contributed by atoms with Crippen LogP contribution in [-0.2, 0) is 14.3 Å². The van der Waals surface area contributed by atoms with E-state index in [1.807, 2.05) is 0 Å². The third-order valence-corrected chi connectivity index (χ3v) is 2.20. The van der Waals surface area contributed by atoms with Gasteiger partial charge in [-0.1, -0.05) is 0 Å². The van der Waals surface area contributed by atoms with Gasteiger partial charge in [0.15, 0.2) is 0 Å². The maximum absolute atomic E-state index is 11.3. The van der Waals surface area contributed by atoms with Crippen molar-refractivity contribution >= 4 is 11.8 Å². The van der Waals surface area contributed by atoms with Crippen molar-refractivity contribution in [2.45, 2.75) is 31.4 Å². The number of aliphatic hydroxyl groups is 1. The van der Waals surface area contributed by atoms with Crippen molar-refractivity contribution in [3.63, 3.8) is 0 Å². The lowest BCUT2D eigenvalue weighted by Gasteiger charge is -2.22. The third-order valence-electron chi connectivity index (χ3n) is 2.20. The Hall–Kier alpha value is -1.14. The van der Waals surface area contributed by atoms with Gasteiger partial charge in [0.05, 0.1) is 6.61 Å². The minimum atomic E-state index is -1.16. The molecule has 1 atom stereocenters. The summed E-state index contributed by atoms with van der Waals surface area (Å²) in [5, 5.41) is 14.6. The van der Waals surface area contributed by atoms with Crippen molar-refractivity contribution in [1.82, 2.24) is 10.6 Å². The van der Waals surface area contributed by atoms with E-state index in [0.717, 1.165) is 12.8 Å². The zero-order valence-corrected chi connectivity index (χ0v) is 9.58. The Bertz CT molecular complexity index is 274. The van der Waals surface area contributed by atoms with E-state index in [1.165, 1.54) is 14.0 Å². The number of rotatable bonds is 5. The van der Waals surface area contributed by atoms with E-state index in [2.05, 4.69) is 10.6 Å². The first-order valence-corrected chi connectivity index (χ1v) is 5.24. The zero-order valence-electron chi connectivity index (χ0n) is 9.58. The van der Waals surface area contributed by atoms with Crippen LogP contribution in [0.5, 0.6) is 0 Å². The molecule has 3 N–H and O–H groups in total. The van der Waals surface area contributed by atoms with Crippen molar-refractivity contribution in [3.05, 3.63) is 0 Å². The van der Waals surface area contributed by atoms with Crippen LogP contribution in [-0.4, -0.2) is 48.8 Å². The predicted molar refractivity (Wildman–Crippen MR) is 56.7 cm³/mol. The molecule has 1 saturated carbocycles. The molecule has 0 unspecified atom stereocenters. The number of hydrogen-bond acceptors (Lipinski definition) is 4. The lowest BCUT2D eigenvalue weighted by atomic mass is 10.1. The van der Waals surface area contributed by atoms with Gasteiger partial charge in [-0.2, -0.15) is 0 Å². The minimum Gasteiger partial charge on any atom is -0.386 e. The molecule has 0 aromatic rings. The number of carbonyl (C=O) groups excluding carboxylic acids is 2. The summed E-state index contributed by atoms with van der Waals surface area (Å²) in [7, 11) is 1.45. The molecule has 0 bridgehead atoms. The zero-order chi connectivity index (χ0) is 12.2. The number of ether oxygens (including phenoxy) is 1. The smallest absolute Gasteiger partial charge is 0.309 e. The summed E-state index contributed by atoms with van der Waals surface area (Å²) in [6, 6.07) is 0.151. The van der Waals surface area contributed by atoms with Crippen molar-refractivity contribution in [2.24, 2.45) is 0 Å². The second kappa shape index (κ2) is 5.27. The van der Waals surface area contributed by atoms with Crippen LogP contribution in [0.2, 0.25) is 0 Å². The lowest BCUT2D eigenvalue weighted by Crippen LogP contribution is -2.48. The first-order chi connectivity index (χ1) is 7.44. The van der Waals surface area contributed by atoms with Gasteiger partial charge in [-0.05, 0) is 19.8 Å². The maximum Gasteiger partial charge on any atom is 0.309 e. The van der Waals surface area contributed by atoms with Gasteiger partial charge >= 0.3 is 11.8 Å². The average molecular weight is 230 g/mol. The highest BCUT2D eigenvalue weighted by molar-refractivity contribution is 6.35. The van der Waals surface area contributed by atoms with Crippen molar-refractivity contribution in [1.29, 1.82) is 0 Å². The Morgan fingerprint density at radius 1 is 1.44 bits per heavy atom. The van der Waals surface area contributed by atoms with Gasteiger partial charge in [-0.25, -0.2) is 0 Å². The first kappa shape index (κ1) is 12.9. The van der Waals surface area contributed by atoms with Gasteiger partial charge in [0.1, 0.15) is 5.60 Å². The van der Waals surface area contributed by atoms with Crippen molar-refractivity contribution < 1.29 is 19.4 Å². The second-order valence-corrected chi connectivity index (χ2v) is 4.36. The van der Waals surface area contributed by atoms with E-state index in [1.54, 1.807) is 0 Å². The molecular formula is C10H18N2O4. The largest absolute Gasteiger partial charge is 0.386 e. The number of hydrogen-bond donors (Lipinski definition) is 3. The molecule has 6 nitrogen and oxygen atoms in total. The number of carbonyl (C=O) groups is 2. The fourth-order valence-electron chi connectivity index (χ4n) is 1.19. The summed E-state index contributed by atoms with van der Waals surface area (Å²) in [4.78, 5) is 22.5. The summed E-state index contributed by atoms with van der Waals surface area (Å²) >= 11 is 0. The number of methoxy groups -OCH3 is 1. The van der Waals surface area contributed by atoms with Crippen LogP contribution in [0.15, 0.2) is 0 Å². The van der Waals surface area contributed by atoms with Crippen molar-refractivity contribution in [3.8, 4) is 0 Å². The van der Waals surface area contributed by atoms with Gasteiger partial charge < -0.3 is 20.5 Å². The number of amides is 2. The Labute approximate surface area is 94.3 Å². The van der Waals surface area contributed by atoms with Crippen LogP contribution in [0, 0.1) is 0 Å². The lowest BCUT2D eigenvalue weighted by molar-refractivity contribution is -0.140. The molecule has 2 amide bonds. The highest BCUT2D eigenvalue weighted by atomic mass is 16.5. The molecule has 16 heavy (non-hydrogen) atoms. The molecule has 0 spiro atoms. The minimum absolute atomic E-state index is 0.0161. The molecule has 1 aliphatic carbocycles. The van der Waals surface area contributed by atoms with Crippen LogP contribution in [0.4, 0.5) is 0 Å². The summed E-state index contributed by atoms with van der Waals surface area (Å²) in [5.41, 5.74) is -1.16. The molecule has 1 aliphatic rings. The van der Waals surface area contributed by atoms with Gasteiger partial charge in [0, 0.05) is 19.7 Å². The van der Waals surface area contributed by atoms with E-state index in [9.17, 15) is 14.7 Å². The van der Waals surface area contributed by atoms with E-state index in [0.29, 0.717) is 0 Å². The molecule has 1 fully saturated rings. The van der Waals surface area contributed by atoms with Gasteiger partial charge in [-0.15, -0.1) is 0 Å². The Morgan fingerprint density at radius 3 is 2.56 bits per heavy atom. The quantitative estimate of drug-likeness (QED) is 0.516. The molecule has 0 aromatic heterocycles. The molecule has 0 heterocycles. The van der Waals surface area contributed by atoms with Gasteiger partial charge in [0.2, 0.25) is 0 Å². The SMILES string of the molecule is COC[C@](C)(O)CNC(=O)C(=O)NC1CC1. The topological polar surface area (TPSA) is 87.7 Å². The van der Waals surface area contributed by atoms with E-state index < -0.39 is 17.4 Å². The number of nitrogens with one attached hydrogen (secondary N) is 2. The highest BCUT2D eigenvalue weighted by Gasteiger charge is 2.28. The fraction of sp³-hybridized carbons (Fsp3) is 0.800. The van der Waals surface area contributed by atoms with Crippen LogP contribution < -0.4 is 10.6 Å². The van der Waals surface area contributed by atoms with Crippen LogP contribution in [0.25, 0.3) is 0 Å². The van der Waals surface area contributed by atoms with Gasteiger partial charge in [0.25, 0.3) is 0 Å². The van der Waals surface area contributed by atoms with E-state index in [4.69, 9.17) is 4.74 Å². The fourth-order valence-corrected chi connectivity index (χ4v) is 1.19. The summed E-state index contributed by atoms with van der Waals surface area (Å²) in [6.07, 6.45) is 1.86. The summed E-state index contributed by atoms with van der Waals surface area (Å²) in [6.45, 7) is 1.60. The Balaban J connectivity index is 2.24. The van der Waals surface area contributed by atoms with Crippen LogP contribution in [0.3, 0.4) is 0 Å². The maximum atomic E-state index is 11.3. The second-order valence-electron chi connectivity index (χ2n) is 4.36. The summed E-state index contributed by atoms with van der Waals surface area (Å²) < 4.78 is 4.77. The molecule has 0 saturated heterocycles. The molecule has 1 rings (SSSR count). The van der Waals surface area contributed by atoms with Crippen LogP contribution >= 0.6 is 0 Å². The van der Waals surface area contributed by atoms with E-state index >= 15 is 0 Å². The Morgan fingerprint density at radius 2 is 2.06 bits per heavy atom. The molecule has 0 aromatic carbocycles. The molecule has 0 aliphatic heterocycles. The summed E-state index contributed by atoms with van der Waals surface area (Å²) in [5.74, 6) is -1.36. The molecule has 92 valence electrons. The molecule has 0 radical (unpaired) electrons. The molecular weight excluding hydrogens is 212 g/mol. The average Bonchev–Trinajstić information content (AvgIpc) is 2.98. The highest BCUT2D eigenvalue weighted by Crippen LogP contribution is 2.18. The predicted octanol–water partition coefficient (Wildman–Crippen LogP) is -1.22. The first-order valence-electron chi connectivity index (χ1n) is 5.24. The monoisotopic (exact) mass is 230 g/mol. The Kier molecular flexibility index (Phi) is 4.26. The van der Waals surface area contributed by atoms with Gasteiger partial charge in [-0.3, -0.25) is 9.59 Å². The van der Waals surface area contributed by atoms with Crippen molar-refractivity contribution in [2.75, 3.05) is 20.3 Å². The standard InChI is InChI=1S/C10H18N2O4/c1-10(15,6-16-2)5-11-8(13)9(14)12-7-3-4-7/h7,15H,3-6H2,1-2H3,(H,11,13)(H,12,14)/t10-/m1/s1. The third kappa shape index (κ3) is 4.59. The van der Waals surface area contributed by atoms with Crippen LogP contribution in [0.1, 0.15) is 19.8 Å². The van der Waals surface area contributed by atoms with E-state index in [-0.39, 0.29) is 19.2 Å². The normalized spacial score (nSPS) is 18.7. The molecule has 6 heteroatoms.